The minimum atomic E-state index is 0.508. The van der Waals surface area contributed by atoms with Gasteiger partial charge in [0.25, 0.3) is 0 Å². The van der Waals surface area contributed by atoms with Crippen molar-refractivity contribution in [2.24, 2.45) is 0 Å². The molecule has 0 amide bonds. The molecule has 2 atom stereocenters. The molecule has 0 aliphatic carbocycles. The van der Waals surface area contributed by atoms with Crippen LogP contribution in [-0.2, 0) is 0 Å². The molecule has 0 radical (unpaired) electrons. The van der Waals surface area contributed by atoms with Gasteiger partial charge in [-0.25, -0.2) is 0 Å². The Kier molecular flexibility index (Phi) is 5.41. The Morgan fingerprint density at radius 3 is 2.84 bits per heavy atom. The topological polar surface area (TPSA) is 15.3 Å². The van der Waals surface area contributed by atoms with Crippen molar-refractivity contribution in [1.29, 1.82) is 0 Å². The SMILES string of the molecule is CCN(CC1CCCCN1)C(C)c1cccc(C)c1. The van der Waals surface area contributed by atoms with E-state index in [1.165, 1.54) is 43.5 Å². The van der Waals surface area contributed by atoms with E-state index in [4.69, 9.17) is 0 Å². The van der Waals surface area contributed by atoms with Crippen LogP contribution < -0.4 is 5.32 Å². The normalized spacial score (nSPS) is 21.6. The summed E-state index contributed by atoms with van der Waals surface area (Å²) < 4.78 is 0. The van der Waals surface area contributed by atoms with Crippen molar-refractivity contribution in [2.45, 2.75) is 52.1 Å². The molecule has 1 aromatic rings. The molecule has 1 aliphatic heterocycles. The lowest BCUT2D eigenvalue weighted by molar-refractivity contribution is 0.184. The molecule has 2 rings (SSSR count). The van der Waals surface area contributed by atoms with Gasteiger partial charge in [-0.05, 0) is 45.3 Å². The van der Waals surface area contributed by atoms with Gasteiger partial charge in [-0.1, -0.05) is 43.2 Å². The number of benzene rings is 1. The molecule has 1 fully saturated rings. The highest BCUT2D eigenvalue weighted by molar-refractivity contribution is 5.24. The number of hydrogen-bond acceptors (Lipinski definition) is 2. The van der Waals surface area contributed by atoms with Crippen molar-refractivity contribution in [3.63, 3.8) is 0 Å². The molecule has 0 spiro atoms. The van der Waals surface area contributed by atoms with Crippen LogP contribution in [0.25, 0.3) is 0 Å². The molecule has 0 saturated carbocycles. The van der Waals surface area contributed by atoms with Crippen LogP contribution in [-0.4, -0.2) is 30.6 Å². The maximum absolute atomic E-state index is 3.66. The molecule has 0 bridgehead atoms. The molecule has 1 saturated heterocycles. The highest BCUT2D eigenvalue weighted by atomic mass is 15.2. The molecule has 106 valence electrons. The number of likely N-dealkylation sites (N-methyl/N-ethyl adjacent to an activating group) is 1. The third-order valence-electron chi connectivity index (χ3n) is 4.35. The van der Waals surface area contributed by atoms with Gasteiger partial charge >= 0.3 is 0 Å². The molecule has 2 unspecified atom stereocenters. The first kappa shape index (κ1) is 14.5. The summed E-state index contributed by atoms with van der Waals surface area (Å²) in [5.41, 5.74) is 2.80. The number of piperidine rings is 1. The Morgan fingerprint density at radius 1 is 1.37 bits per heavy atom. The second-order valence-corrected chi connectivity index (χ2v) is 5.82. The van der Waals surface area contributed by atoms with Gasteiger partial charge < -0.3 is 5.32 Å². The fourth-order valence-electron chi connectivity index (χ4n) is 3.06. The summed E-state index contributed by atoms with van der Waals surface area (Å²) in [5.74, 6) is 0. The fourth-order valence-corrected chi connectivity index (χ4v) is 3.06. The van der Waals surface area contributed by atoms with Crippen LogP contribution in [0.15, 0.2) is 24.3 Å². The van der Waals surface area contributed by atoms with Gasteiger partial charge in [0.2, 0.25) is 0 Å². The van der Waals surface area contributed by atoms with Crippen LogP contribution in [0.5, 0.6) is 0 Å². The summed E-state index contributed by atoms with van der Waals surface area (Å²) in [7, 11) is 0. The molecule has 19 heavy (non-hydrogen) atoms. The van der Waals surface area contributed by atoms with E-state index in [1.54, 1.807) is 0 Å². The van der Waals surface area contributed by atoms with Crippen molar-refractivity contribution in [3.05, 3.63) is 35.4 Å². The molecule has 2 nitrogen and oxygen atoms in total. The van der Waals surface area contributed by atoms with Crippen LogP contribution in [0.2, 0.25) is 0 Å². The second-order valence-electron chi connectivity index (χ2n) is 5.82. The second kappa shape index (κ2) is 7.06. The van der Waals surface area contributed by atoms with Crippen molar-refractivity contribution < 1.29 is 0 Å². The van der Waals surface area contributed by atoms with E-state index in [1.807, 2.05) is 0 Å². The predicted octanol–water partition coefficient (Wildman–Crippen LogP) is 3.52. The smallest absolute Gasteiger partial charge is 0.0320 e. The first-order valence-electron chi connectivity index (χ1n) is 7.74. The zero-order chi connectivity index (χ0) is 13.7. The molecule has 0 aromatic heterocycles. The van der Waals surface area contributed by atoms with E-state index in [0.29, 0.717) is 12.1 Å². The van der Waals surface area contributed by atoms with Gasteiger partial charge in [-0.2, -0.15) is 0 Å². The lowest BCUT2D eigenvalue weighted by atomic mass is 10.0. The summed E-state index contributed by atoms with van der Waals surface area (Å²) in [4.78, 5) is 2.60. The molecule has 1 aromatic carbocycles. The van der Waals surface area contributed by atoms with Crippen LogP contribution in [0.1, 0.15) is 50.3 Å². The lowest BCUT2D eigenvalue weighted by Crippen LogP contribution is -2.44. The van der Waals surface area contributed by atoms with Crippen molar-refractivity contribution in [1.82, 2.24) is 10.2 Å². The van der Waals surface area contributed by atoms with E-state index < -0.39 is 0 Å². The van der Waals surface area contributed by atoms with Gasteiger partial charge in [0.1, 0.15) is 0 Å². The summed E-state index contributed by atoms with van der Waals surface area (Å²) in [6, 6.07) is 10.1. The van der Waals surface area contributed by atoms with Crippen molar-refractivity contribution in [3.8, 4) is 0 Å². The first-order chi connectivity index (χ1) is 9.20. The average molecular weight is 260 g/mol. The summed E-state index contributed by atoms with van der Waals surface area (Å²) in [5, 5.41) is 3.66. The molecule has 1 N–H and O–H groups in total. The Balaban J connectivity index is 1.99. The van der Waals surface area contributed by atoms with Gasteiger partial charge in [-0.3, -0.25) is 4.90 Å². The number of nitrogens with one attached hydrogen (secondary N) is 1. The van der Waals surface area contributed by atoms with Crippen LogP contribution in [0.3, 0.4) is 0 Å². The van der Waals surface area contributed by atoms with E-state index in [-0.39, 0.29) is 0 Å². The highest BCUT2D eigenvalue weighted by Gasteiger charge is 2.20. The Morgan fingerprint density at radius 2 is 2.21 bits per heavy atom. The third kappa shape index (κ3) is 4.05. The summed E-state index contributed by atoms with van der Waals surface area (Å²) >= 11 is 0. The third-order valence-corrected chi connectivity index (χ3v) is 4.35. The molecule has 1 aliphatic rings. The maximum atomic E-state index is 3.66. The largest absolute Gasteiger partial charge is 0.313 e. The van der Waals surface area contributed by atoms with E-state index in [0.717, 1.165) is 6.54 Å². The fraction of sp³-hybridized carbons (Fsp3) is 0.647. The monoisotopic (exact) mass is 260 g/mol. The zero-order valence-electron chi connectivity index (χ0n) is 12.7. The maximum Gasteiger partial charge on any atom is 0.0320 e. The highest BCUT2D eigenvalue weighted by Crippen LogP contribution is 2.22. The summed E-state index contributed by atoms with van der Waals surface area (Å²) in [6.07, 6.45) is 4.06. The van der Waals surface area contributed by atoms with E-state index in [2.05, 4.69) is 55.3 Å². The van der Waals surface area contributed by atoms with Crippen molar-refractivity contribution in [2.75, 3.05) is 19.6 Å². The summed E-state index contributed by atoms with van der Waals surface area (Å²) in [6.45, 7) is 10.3. The predicted molar refractivity (Wildman–Crippen MR) is 82.5 cm³/mol. The number of nitrogens with zero attached hydrogens (tertiary/aromatic N) is 1. The minimum Gasteiger partial charge on any atom is -0.313 e. The Hall–Kier alpha value is -0.860. The van der Waals surface area contributed by atoms with Crippen molar-refractivity contribution >= 4 is 0 Å². The van der Waals surface area contributed by atoms with Gasteiger partial charge in [-0.15, -0.1) is 0 Å². The lowest BCUT2D eigenvalue weighted by Gasteiger charge is -2.34. The standard InChI is InChI=1S/C17H28N2/c1-4-19(13-17-10-5-6-11-18-17)15(3)16-9-7-8-14(2)12-16/h7-9,12,15,17-18H,4-6,10-11,13H2,1-3H3. The van der Waals surface area contributed by atoms with Gasteiger partial charge in [0.05, 0.1) is 0 Å². The molecule has 2 heteroatoms. The first-order valence-corrected chi connectivity index (χ1v) is 7.74. The molecular formula is C17H28N2. The number of rotatable bonds is 5. The number of hydrogen-bond donors (Lipinski definition) is 1. The Labute approximate surface area is 118 Å². The minimum absolute atomic E-state index is 0.508. The van der Waals surface area contributed by atoms with Gasteiger partial charge in [0.15, 0.2) is 0 Å². The van der Waals surface area contributed by atoms with Gasteiger partial charge in [0, 0.05) is 18.6 Å². The van der Waals surface area contributed by atoms with Crippen LogP contribution in [0.4, 0.5) is 0 Å². The van der Waals surface area contributed by atoms with Crippen LogP contribution >= 0.6 is 0 Å². The van der Waals surface area contributed by atoms with Crippen LogP contribution in [0, 0.1) is 6.92 Å². The molecular weight excluding hydrogens is 232 g/mol. The van der Waals surface area contributed by atoms with E-state index in [9.17, 15) is 0 Å². The zero-order valence-corrected chi connectivity index (χ0v) is 12.7. The van der Waals surface area contributed by atoms with E-state index >= 15 is 0 Å². The quantitative estimate of drug-likeness (QED) is 0.871. The number of aryl methyl sites for hydroxylation is 1. The average Bonchev–Trinajstić information content (AvgIpc) is 2.45. The Bertz CT molecular complexity index is 383. The molecule has 1 heterocycles.